The maximum Gasteiger partial charge on any atom is 0.190 e. The molecule has 0 aliphatic rings. The molecule has 1 aromatic heterocycles. The molecular formula is C9H15N3OS2. The van der Waals surface area contributed by atoms with Crippen LogP contribution in [0, 0.1) is 5.92 Å². The molecule has 15 heavy (non-hydrogen) atoms. The van der Waals surface area contributed by atoms with Crippen LogP contribution in [0.2, 0.25) is 0 Å². The van der Waals surface area contributed by atoms with Crippen LogP contribution in [0.25, 0.3) is 0 Å². The molecule has 1 unspecified atom stereocenters. The second-order valence-corrected chi connectivity index (χ2v) is 5.03. The second kappa shape index (κ2) is 6.19. The molecule has 0 amide bonds. The average Bonchev–Trinajstić information content (AvgIpc) is 2.25. The normalized spacial score (nSPS) is 12.7. The maximum atomic E-state index is 8.89. The summed E-state index contributed by atoms with van der Waals surface area (Å²) in [7, 11) is 0. The van der Waals surface area contributed by atoms with E-state index in [-0.39, 0.29) is 12.5 Å². The topological polar surface area (TPSA) is 72.0 Å². The Bertz CT molecular complexity index is 322. The first-order valence-corrected chi connectivity index (χ1v) is 6.79. The summed E-state index contributed by atoms with van der Waals surface area (Å²) in [6.45, 7) is 2.19. The summed E-state index contributed by atoms with van der Waals surface area (Å²) in [4.78, 5) is 8.38. The molecule has 1 heterocycles. The highest BCUT2D eigenvalue weighted by Crippen LogP contribution is 2.22. The molecule has 84 valence electrons. The van der Waals surface area contributed by atoms with Crippen molar-refractivity contribution in [1.82, 2.24) is 9.97 Å². The van der Waals surface area contributed by atoms with Crippen LogP contribution < -0.4 is 5.73 Å². The molecule has 0 saturated carbocycles. The fraction of sp³-hybridized carbons (Fsp3) is 0.556. The molecule has 6 heteroatoms. The summed E-state index contributed by atoms with van der Waals surface area (Å²) < 4.78 is 0. The Balaban J connectivity index is 2.64. The molecule has 0 saturated heterocycles. The number of hydrogen-bond acceptors (Lipinski definition) is 6. The number of thioether (sulfide) groups is 2. The van der Waals surface area contributed by atoms with E-state index in [4.69, 9.17) is 10.8 Å². The molecule has 3 N–H and O–H groups in total. The number of aliphatic hydroxyl groups excluding tert-OH is 1. The largest absolute Gasteiger partial charge is 0.396 e. The third-order valence-electron chi connectivity index (χ3n) is 1.71. The Morgan fingerprint density at radius 3 is 2.87 bits per heavy atom. The Hall–Kier alpha value is -0.460. The smallest absolute Gasteiger partial charge is 0.190 e. The van der Waals surface area contributed by atoms with Gasteiger partial charge in [-0.2, -0.15) is 0 Å². The van der Waals surface area contributed by atoms with Crippen molar-refractivity contribution >= 4 is 29.3 Å². The molecule has 0 aromatic carbocycles. The summed E-state index contributed by atoms with van der Waals surface area (Å²) >= 11 is 3.06. The summed E-state index contributed by atoms with van der Waals surface area (Å²) in [5.74, 6) is 1.60. The highest BCUT2D eigenvalue weighted by atomic mass is 32.2. The van der Waals surface area contributed by atoms with Crippen LogP contribution in [0.4, 0.5) is 5.82 Å². The van der Waals surface area contributed by atoms with Gasteiger partial charge in [0.05, 0.1) is 0 Å². The monoisotopic (exact) mass is 245 g/mol. The van der Waals surface area contributed by atoms with E-state index in [1.54, 1.807) is 17.8 Å². The lowest BCUT2D eigenvalue weighted by Gasteiger charge is -2.07. The number of nitrogens with zero attached hydrogens (tertiary/aromatic N) is 2. The first kappa shape index (κ1) is 12.6. The van der Waals surface area contributed by atoms with E-state index in [1.807, 2.05) is 13.2 Å². The van der Waals surface area contributed by atoms with Crippen LogP contribution in [-0.4, -0.2) is 33.7 Å². The zero-order valence-corrected chi connectivity index (χ0v) is 10.4. The van der Waals surface area contributed by atoms with E-state index in [1.165, 1.54) is 11.8 Å². The van der Waals surface area contributed by atoms with Crippen molar-refractivity contribution in [1.29, 1.82) is 0 Å². The van der Waals surface area contributed by atoms with Gasteiger partial charge in [-0.15, -0.1) is 11.8 Å². The standard InChI is InChI=1S/C9H15N3OS2/c1-6(4-13)5-15-8-3-7(10)11-9(12-8)14-2/h3,6,13H,4-5H2,1-2H3,(H2,10,11,12). The van der Waals surface area contributed by atoms with Crippen LogP contribution in [0.1, 0.15) is 6.92 Å². The number of hydrogen-bond donors (Lipinski definition) is 2. The predicted octanol–water partition coefficient (Wildman–Crippen LogP) is 1.50. The van der Waals surface area contributed by atoms with Crippen molar-refractivity contribution in [2.45, 2.75) is 17.1 Å². The number of anilines is 1. The quantitative estimate of drug-likeness (QED) is 0.465. The Labute approximate surface area is 98.1 Å². The number of nitrogens with two attached hydrogens (primary N) is 1. The van der Waals surface area contributed by atoms with Crippen molar-refractivity contribution < 1.29 is 5.11 Å². The van der Waals surface area contributed by atoms with Gasteiger partial charge in [0.15, 0.2) is 5.16 Å². The maximum absolute atomic E-state index is 8.89. The molecule has 0 aliphatic carbocycles. The highest BCUT2D eigenvalue weighted by molar-refractivity contribution is 7.99. The van der Waals surface area contributed by atoms with Crippen molar-refractivity contribution in [3.05, 3.63) is 6.07 Å². The average molecular weight is 245 g/mol. The van der Waals surface area contributed by atoms with Crippen LogP contribution in [0.15, 0.2) is 16.2 Å². The molecule has 1 rings (SSSR count). The van der Waals surface area contributed by atoms with Gasteiger partial charge in [-0.3, -0.25) is 0 Å². The van der Waals surface area contributed by atoms with Crippen LogP contribution in [0.5, 0.6) is 0 Å². The minimum absolute atomic E-state index is 0.197. The van der Waals surface area contributed by atoms with Gasteiger partial charge in [0.25, 0.3) is 0 Å². The van der Waals surface area contributed by atoms with Crippen LogP contribution in [0.3, 0.4) is 0 Å². The lowest BCUT2D eigenvalue weighted by molar-refractivity contribution is 0.250. The molecule has 0 aliphatic heterocycles. The Morgan fingerprint density at radius 1 is 1.53 bits per heavy atom. The molecule has 0 fully saturated rings. The van der Waals surface area contributed by atoms with E-state index >= 15 is 0 Å². The van der Waals surface area contributed by atoms with Gasteiger partial charge in [-0.25, -0.2) is 9.97 Å². The second-order valence-electron chi connectivity index (χ2n) is 3.22. The molecule has 1 atom stereocenters. The van der Waals surface area contributed by atoms with Gasteiger partial charge in [0.2, 0.25) is 0 Å². The summed E-state index contributed by atoms with van der Waals surface area (Å²) in [5, 5.41) is 10.5. The van der Waals surface area contributed by atoms with E-state index < -0.39 is 0 Å². The van der Waals surface area contributed by atoms with E-state index in [2.05, 4.69) is 9.97 Å². The van der Waals surface area contributed by atoms with Crippen LogP contribution in [-0.2, 0) is 0 Å². The first-order valence-electron chi connectivity index (χ1n) is 4.58. The van der Waals surface area contributed by atoms with Gasteiger partial charge in [-0.05, 0) is 12.2 Å². The van der Waals surface area contributed by atoms with E-state index in [9.17, 15) is 0 Å². The summed E-state index contributed by atoms with van der Waals surface area (Å²) in [6.07, 6.45) is 1.92. The molecule has 0 radical (unpaired) electrons. The minimum Gasteiger partial charge on any atom is -0.396 e. The fourth-order valence-electron chi connectivity index (χ4n) is 0.866. The van der Waals surface area contributed by atoms with E-state index in [0.717, 1.165) is 10.8 Å². The highest BCUT2D eigenvalue weighted by Gasteiger charge is 2.05. The van der Waals surface area contributed by atoms with Gasteiger partial charge in [0.1, 0.15) is 10.8 Å². The molecular weight excluding hydrogens is 230 g/mol. The molecule has 4 nitrogen and oxygen atoms in total. The zero-order chi connectivity index (χ0) is 11.3. The Morgan fingerprint density at radius 2 is 2.27 bits per heavy atom. The van der Waals surface area contributed by atoms with E-state index in [0.29, 0.717) is 11.0 Å². The third-order valence-corrected chi connectivity index (χ3v) is 3.50. The van der Waals surface area contributed by atoms with Crippen LogP contribution >= 0.6 is 23.5 Å². The van der Waals surface area contributed by atoms with Gasteiger partial charge in [0, 0.05) is 18.4 Å². The van der Waals surface area contributed by atoms with Crippen molar-refractivity contribution in [2.75, 3.05) is 24.3 Å². The SMILES string of the molecule is CSc1nc(N)cc(SCC(C)CO)n1. The van der Waals surface area contributed by atoms with Crippen molar-refractivity contribution in [3.8, 4) is 0 Å². The predicted molar refractivity (Wildman–Crippen MR) is 65.2 cm³/mol. The zero-order valence-electron chi connectivity index (χ0n) is 8.80. The Kier molecular flexibility index (Phi) is 5.21. The van der Waals surface area contributed by atoms with Crippen molar-refractivity contribution in [2.24, 2.45) is 5.92 Å². The van der Waals surface area contributed by atoms with Crippen molar-refractivity contribution in [3.63, 3.8) is 0 Å². The lowest BCUT2D eigenvalue weighted by atomic mass is 10.2. The molecule has 0 bridgehead atoms. The molecule has 1 aromatic rings. The summed E-state index contributed by atoms with van der Waals surface area (Å²) in [5.41, 5.74) is 5.65. The number of nitrogen functional groups attached to an aromatic ring is 1. The number of rotatable bonds is 5. The first-order chi connectivity index (χ1) is 7.15. The molecule has 0 spiro atoms. The number of aromatic nitrogens is 2. The van der Waals surface area contributed by atoms with Gasteiger partial charge in [-0.1, -0.05) is 18.7 Å². The third kappa shape index (κ3) is 4.27. The number of aliphatic hydroxyl groups is 1. The lowest BCUT2D eigenvalue weighted by Crippen LogP contribution is -2.04. The van der Waals surface area contributed by atoms with Gasteiger partial charge < -0.3 is 10.8 Å². The fourth-order valence-corrected chi connectivity index (χ4v) is 2.23. The van der Waals surface area contributed by atoms with Gasteiger partial charge >= 0.3 is 0 Å². The minimum atomic E-state index is 0.197. The summed E-state index contributed by atoms with van der Waals surface area (Å²) in [6, 6.07) is 1.76.